The number of aryl methyl sites for hydroxylation is 2. The number of nitrogens with one attached hydrogen (secondary N) is 1. The SMILES string of the molecule is CNC(=O)c1ccc(-c2ccc3c(c2)nc(CC2CCCCC2)n3-c2ccc3c(c2)n(C)c(=O)n3C)cc1F. The van der Waals surface area contributed by atoms with E-state index in [1.807, 2.05) is 30.3 Å². The summed E-state index contributed by atoms with van der Waals surface area (Å²) in [7, 11) is 5.07. The lowest BCUT2D eigenvalue weighted by Crippen LogP contribution is -2.19. The Balaban J connectivity index is 1.48. The van der Waals surface area contributed by atoms with Crippen LogP contribution >= 0.6 is 0 Å². The standard InChI is InChI=1S/C31H32FN5O2/c1-33-30(38)23-12-9-20(16-24(23)32)21-10-13-26-25(17-21)34-29(15-19-7-5-4-6-8-19)37(26)22-11-14-27-28(18-22)36(3)31(39)35(27)2/h9-14,16-19H,4-8,15H2,1-3H3,(H,33,38). The molecule has 1 saturated carbocycles. The van der Waals surface area contributed by atoms with E-state index in [0.29, 0.717) is 11.5 Å². The molecular formula is C31H32FN5O2. The van der Waals surface area contributed by atoms with E-state index in [9.17, 15) is 14.0 Å². The molecule has 0 bridgehead atoms. The molecule has 1 amide bonds. The molecule has 1 fully saturated rings. The van der Waals surface area contributed by atoms with Crippen LogP contribution in [0.25, 0.3) is 38.9 Å². The lowest BCUT2D eigenvalue weighted by Gasteiger charge is -2.21. The molecule has 1 N–H and O–H groups in total. The molecule has 0 aliphatic heterocycles. The average molecular weight is 526 g/mol. The number of carbonyl (C=O) groups excluding carboxylic acids is 1. The van der Waals surface area contributed by atoms with Crippen molar-refractivity contribution in [2.75, 3.05) is 7.05 Å². The number of benzene rings is 3. The maximum absolute atomic E-state index is 14.7. The van der Waals surface area contributed by atoms with E-state index >= 15 is 0 Å². The van der Waals surface area contributed by atoms with Crippen LogP contribution in [0.1, 0.15) is 48.3 Å². The Morgan fingerprint density at radius 3 is 2.36 bits per heavy atom. The highest BCUT2D eigenvalue weighted by atomic mass is 19.1. The van der Waals surface area contributed by atoms with Crippen molar-refractivity contribution in [3.05, 3.63) is 82.3 Å². The monoisotopic (exact) mass is 525 g/mol. The predicted octanol–water partition coefficient (Wildman–Crippen LogP) is 5.50. The van der Waals surface area contributed by atoms with Gasteiger partial charge in [-0.1, -0.05) is 44.2 Å². The van der Waals surface area contributed by atoms with Crippen LogP contribution in [-0.2, 0) is 20.5 Å². The van der Waals surface area contributed by atoms with Crippen molar-refractivity contribution in [2.45, 2.75) is 38.5 Å². The third kappa shape index (κ3) is 4.33. The van der Waals surface area contributed by atoms with Crippen LogP contribution < -0.4 is 11.0 Å². The highest BCUT2D eigenvalue weighted by Gasteiger charge is 2.21. The van der Waals surface area contributed by atoms with E-state index in [2.05, 4.69) is 16.0 Å². The molecule has 200 valence electrons. The summed E-state index contributed by atoms with van der Waals surface area (Å²) in [5.41, 5.74) is 5.99. The lowest BCUT2D eigenvalue weighted by molar-refractivity contribution is 0.0959. The molecule has 6 rings (SSSR count). The van der Waals surface area contributed by atoms with E-state index in [-0.39, 0.29) is 11.3 Å². The van der Waals surface area contributed by atoms with Gasteiger partial charge in [0.25, 0.3) is 5.91 Å². The van der Waals surface area contributed by atoms with Gasteiger partial charge in [0, 0.05) is 33.3 Å². The van der Waals surface area contributed by atoms with Gasteiger partial charge in [-0.3, -0.25) is 18.5 Å². The molecule has 3 aromatic carbocycles. The maximum Gasteiger partial charge on any atom is 0.328 e. The fourth-order valence-corrected chi connectivity index (χ4v) is 6.03. The summed E-state index contributed by atoms with van der Waals surface area (Å²) >= 11 is 0. The number of fused-ring (bicyclic) bond motifs is 2. The molecule has 7 nitrogen and oxygen atoms in total. The predicted molar refractivity (Wildman–Crippen MR) is 152 cm³/mol. The minimum atomic E-state index is -0.558. The molecule has 0 saturated heterocycles. The number of hydrogen-bond donors (Lipinski definition) is 1. The quantitative estimate of drug-likeness (QED) is 0.329. The molecular weight excluding hydrogens is 493 g/mol. The fraction of sp³-hybridized carbons (Fsp3) is 0.323. The van der Waals surface area contributed by atoms with Gasteiger partial charge in [-0.2, -0.15) is 0 Å². The molecule has 39 heavy (non-hydrogen) atoms. The van der Waals surface area contributed by atoms with E-state index in [4.69, 9.17) is 4.98 Å². The first-order valence-electron chi connectivity index (χ1n) is 13.5. The Bertz CT molecular complexity index is 1790. The van der Waals surface area contributed by atoms with Crippen LogP contribution in [0.3, 0.4) is 0 Å². The molecule has 8 heteroatoms. The Morgan fingerprint density at radius 1 is 0.923 bits per heavy atom. The summed E-state index contributed by atoms with van der Waals surface area (Å²) in [6, 6.07) is 16.8. The maximum atomic E-state index is 14.7. The van der Waals surface area contributed by atoms with Gasteiger partial charge in [-0.05, 0) is 59.5 Å². The summed E-state index contributed by atoms with van der Waals surface area (Å²) in [5.74, 6) is 0.575. The van der Waals surface area contributed by atoms with Crippen LogP contribution in [0.4, 0.5) is 4.39 Å². The minimum Gasteiger partial charge on any atom is -0.355 e. The molecule has 5 aromatic rings. The van der Waals surface area contributed by atoms with Crippen molar-refractivity contribution in [1.29, 1.82) is 0 Å². The zero-order chi connectivity index (χ0) is 27.3. The van der Waals surface area contributed by atoms with Gasteiger partial charge in [0.05, 0.1) is 27.6 Å². The average Bonchev–Trinajstić information content (AvgIpc) is 3.42. The van der Waals surface area contributed by atoms with Crippen LogP contribution in [0.5, 0.6) is 0 Å². The van der Waals surface area contributed by atoms with Crippen LogP contribution in [-0.4, -0.2) is 31.6 Å². The molecule has 0 spiro atoms. The van der Waals surface area contributed by atoms with Crippen molar-refractivity contribution < 1.29 is 9.18 Å². The van der Waals surface area contributed by atoms with Crippen LogP contribution in [0.2, 0.25) is 0 Å². The molecule has 0 atom stereocenters. The number of hydrogen-bond acceptors (Lipinski definition) is 3. The summed E-state index contributed by atoms with van der Waals surface area (Å²) in [5, 5.41) is 2.47. The Kier molecular flexibility index (Phi) is 6.33. The van der Waals surface area contributed by atoms with Gasteiger partial charge in [-0.15, -0.1) is 0 Å². The zero-order valence-corrected chi connectivity index (χ0v) is 22.5. The van der Waals surface area contributed by atoms with Gasteiger partial charge in [0.2, 0.25) is 0 Å². The first kappa shape index (κ1) is 25.1. The number of carbonyl (C=O) groups is 1. The summed E-state index contributed by atoms with van der Waals surface area (Å²) in [6.07, 6.45) is 7.10. The first-order chi connectivity index (χ1) is 18.9. The second kappa shape index (κ2) is 9.84. The second-order valence-electron chi connectivity index (χ2n) is 10.6. The number of amides is 1. The molecule has 1 aliphatic carbocycles. The zero-order valence-electron chi connectivity index (χ0n) is 22.5. The lowest BCUT2D eigenvalue weighted by atomic mass is 9.87. The van der Waals surface area contributed by atoms with Gasteiger partial charge in [0.15, 0.2) is 0 Å². The number of nitrogens with zero attached hydrogens (tertiary/aromatic N) is 4. The first-order valence-corrected chi connectivity index (χ1v) is 13.5. The highest BCUT2D eigenvalue weighted by molar-refractivity contribution is 5.95. The van der Waals surface area contributed by atoms with Gasteiger partial charge in [-0.25, -0.2) is 14.2 Å². The van der Waals surface area contributed by atoms with E-state index in [0.717, 1.165) is 45.6 Å². The van der Waals surface area contributed by atoms with Crippen molar-refractivity contribution in [3.8, 4) is 16.8 Å². The second-order valence-corrected chi connectivity index (χ2v) is 10.6. The van der Waals surface area contributed by atoms with E-state index < -0.39 is 11.7 Å². The largest absolute Gasteiger partial charge is 0.355 e. The molecule has 0 radical (unpaired) electrons. The van der Waals surface area contributed by atoms with Gasteiger partial charge < -0.3 is 5.32 Å². The number of aromatic nitrogens is 4. The normalized spacial score (nSPS) is 14.4. The highest BCUT2D eigenvalue weighted by Crippen LogP contribution is 2.32. The Labute approximate surface area is 225 Å². The van der Waals surface area contributed by atoms with Gasteiger partial charge >= 0.3 is 5.69 Å². The molecule has 2 heterocycles. The van der Waals surface area contributed by atoms with Crippen LogP contribution in [0, 0.1) is 11.7 Å². The molecule has 0 unspecified atom stereocenters. The van der Waals surface area contributed by atoms with E-state index in [1.165, 1.54) is 51.3 Å². The van der Waals surface area contributed by atoms with Crippen LogP contribution in [0.15, 0.2) is 59.4 Å². The topological polar surface area (TPSA) is 73.8 Å². The Morgan fingerprint density at radius 2 is 1.62 bits per heavy atom. The van der Waals surface area contributed by atoms with Crippen molar-refractivity contribution in [2.24, 2.45) is 20.0 Å². The van der Waals surface area contributed by atoms with Gasteiger partial charge in [0.1, 0.15) is 11.6 Å². The summed E-state index contributed by atoms with van der Waals surface area (Å²) < 4.78 is 20.3. The fourth-order valence-electron chi connectivity index (χ4n) is 6.03. The number of halogens is 1. The van der Waals surface area contributed by atoms with Crippen molar-refractivity contribution in [3.63, 3.8) is 0 Å². The molecule has 2 aromatic heterocycles. The van der Waals surface area contributed by atoms with Crippen molar-refractivity contribution >= 4 is 28.0 Å². The summed E-state index contributed by atoms with van der Waals surface area (Å²) in [6.45, 7) is 0. The van der Waals surface area contributed by atoms with E-state index in [1.54, 1.807) is 29.3 Å². The smallest absolute Gasteiger partial charge is 0.328 e. The third-order valence-electron chi connectivity index (χ3n) is 8.21. The molecule has 1 aliphatic rings. The summed E-state index contributed by atoms with van der Waals surface area (Å²) in [4.78, 5) is 29.6. The number of rotatable bonds is 5. The number of imidazole rings is 2. The van der Waals surface area contributed by atoms with Crippen molar-refractivity contribution in [1.82, 2.24) is 24.0 Å². The Hall–Kier alpha value is -4.20. The minimum absolute atomic E-state index is 0.0204. The third-order valence-corrected chi connectivity index (χ3v) is 8.21.